The predicted molar refractivity (Wildman–Crippen MR) is 124 cm³/mol. The molecule has 8 heteroatoms. The number of hydrogen-bond donors (Lipinski definition) is 1. The first-order chi connectivity index (χ1) is 15.3. The molecule has 4 amide bonds. The minimum atomic E-state index is -0.596. The minimum Gasteiger partial charge on any atom is -0.324 e. The molecule has 32 heavy (non-hydrogen) atoms. The summed E-state index contributed by atoms with van der Waals surface area (Å²) in [5.41, 5.74) is 2.32. The van der Waals surface area contributed by atoms with Gasteiger partial charge in [0.2, 0.25) is 5.91 Å². The normalized spacial score (nSPS) is 20.2. The van der Waals surface area contributed by atoms with Gasteiger partial charge in [-0.3, -0.25) is 9.59 Å². The zero-order valence-corrected chi connectivity index (χ0v) is 18.9. The molecule has 0 saturated carbocycles. The summed E-state index contributed by atoms with van der Waals surface area (Å²) in [5.74, 6) is -0.917. The van der Waals surface area contributed by atoms with Gasteiger partial charge in [0.15, 0.2) is 0 Å². The van der Waals surface area contributed by atoms with Crippen LogP contribution < -0.4 is 10.2 Å². The number of halogens is 1. The van der Waals surface area contributed by atoms with Crippen LogP contribution in [-0.4, -0.2) is 40.6 Å². The lowest BCUT2D eigenvalue weighted by molar-refractivity contribution is -0.121. The highest BCUT2D eigenvalue weighted by molar-refractivity contribution is 8.03. The number of para-hydroxylation sites is 1. The van der Waals surface area contributed by atoms with E-state index >= 15 is 0 Å². The van der Waals surface area contributed by atoms with Gasteiger partial charge in [-0.25, -0.2) is 14.1 Å². The largest absolute Gasteiger partial charge is 0.332 e. The minimum absolute atomic E-state index is 0.207. The van der Waals surface area contributed by atoms with Gasteiger partial charge in [0.1, 0.15) is 17.6 Å². The maximum Gasteiger partial charge on any atom is 0.332 e. The lowest BCUT2D eigenvalue weighted by Crippen LogP contribution is -2.63. The van der Waals surface area contributed by atoms with Gasteiger partial charge < -0.3 is 10.2 Å². The molecule has 1 fully saturated rings. The van der Waals surface area contributed by atoms with Crippen molar-refractivity contribution in [3.05, 3.63) is 70.9 Å². The monoisotopic (exact) mass is 453 g/mol. The second-order valence-electron chi connectivity index (χ2n) is 8.18. The van der Waals surface area contributed by atoms with E-state index in [1.807, 2.05) is 38.1 Å². The number of nitrogens with one attached hydrogen (secondary N) is 1. The average Bonchev–Trinajstić information content (AvgIpc) is 3.24. The topological polar surface area (TPSA) is 69.7 Å². The Morgan fingerprint density at radius 1 is 1.19 bits per heavy atom. The molecule has 2 aromatic rings. The van der Waals surface area contributed by atoms with Gasteiger partial charge >= 0.3 is 6.03 Å². The Balaban J connectivity index is 1.60. The van der Waals surface area contributed by atoms with Gasteiger partial charge in [0.25, 0.3) is 5.91 Å². The highest BCUT2D eigenvalue weighted by atomic mass is 32.2. The van der Waals surface area contributed by atoms with Crippen LogP contribution in [0.3, 0.4) is 0 Å². The molecule has 1 saturated heterocycles. The summed E-state index contributed by atoms with van der Waals surface area (Å²) in [5, 5.41) is 4.13. The Kier molecular flexibility index (Phi) is 6.06. The average molecular weight is 454 g/mol. The summed E-state index contributed by atoms with van der Waals surface area (Å²) in [4.78, 5) is 41.8. The fraction of sp³-hybridized carbons (Fsp3) is 0.292. The molecule has 0 spiro atoms. The second-order valence-corrected chi connectivity index (χ2v) is 9.24. The van der Waals surface area contributed by atoms with Crippen LogP contribution in [0.2, 0.25) is 0 Å². The van der Waals surface area contributed by atoms with Crippen molar-refractivity contribution in [2.75, 3.05) is 16.8 Å². The molecule has 166 valence electrons. The Bertz CT molecular complexity index is 1120. The van der Waals surface area contributed by atoms with Crippen LogP contribution in [0.1, 0.15) is 30.9 Å². The lowest BCUT2D eigenvalue weighted by atomic mass is 10.0. The Labute approximate surface area is 190 Å². The van der Waals surface area contributed by atoms with Gasteiger partial charge in [0, 0.05) is 5.69 Å². The number of carbonyl (C=O) groups excluding carboxylic acids is 3. The fourth-order valence-electron chi connectivity index (χ4n) is 3.98. The van der Waals surface area contributed by atoms with Crippen LogP contribution >= 0.6 is 11.8 Å². The SMILES string of the molecule is Cc1cc(N2C(=O)C3SC=CC3N(CC(=O)Nc3ccccc3C(C)C)C2=O)ccc1F. The van der Waals surface area contributed by atoms with Crippen molar-refractivity contribution in [2.45, 2.75) is 38.0 Å². The molecule has 2 aliphatic rings. The number of urea groups is 1. The van der Waals surface area contributed by atoms with Crippen molar-refractivity contribution < 1.29 is 18.8 Å². The van der Waals surface area contributed by atoms with Crippen molar-refractivity contribution >= 4 is 41.0 Å². The first-order valence-corrected chi connectivity index (χ1v) is 11.3. The van der Waals surface area contributed by atoms with Crippen molar-refractivity contribution in [1.82, 2.24) is 4.90 Å². The number of fused-ring (bicyclic) bond motifs is 1. The van der Waals surface area contributed by atoms with Crippen LogP contribution in [0.25, 0.3) is 0 Å². The summed E-state index contributed by atoms with van der Waals surface area (Å²) < 4.78 is 13.8. The maximum absolute atomic E-state index is 13.8. The molecule has 2 aromatic carbocycles. The predicted octanol–water partition coefficient (Wildman–Crippen LogP) is 4.66. The molecule has 0 aromatic heterocycles. The summed E-state index contributed by atoms with van der Waals surface area (Å²) in [7, 11) is 0. The van der Waals surface area contributed by atoms with Gasteiger partial charge in [0.05, 0.1) is 11.7 Å². The second kappa shape index (κ2) is 8.78. The fourth-order valence-corrected chi connectivity index (χ4v) is 5.02. The molecule has 2 unspecified atom stereocenters. The van der Waals surface area contributed by atoms with E-state index in [1.54, 1.807) is 18.4 Å². The molecule has 6 nitrogen and oxygen atoms in total. The van der Waals surface area contributed by atoms with E-state index in [-0.39, 0.29) is 24.3 Å². The van der Waals surface area contributed by atoms with Crippen molar-refractivity contribution in [3.63, 3.8) is 0 Å². The lowest BCUT2D eigenvalue weighted by Gasteiger charge is -2.40. The first-order valence-electron chi connectivity index (χ1n) is 10.4. The number of aryl methyl sites for hydroxylation is 1. The van der Waals surface area contributed by atoms with Crippen molar-refractivity contribution in [1.29, 1.82) is 0 Å². The van der Waals surface area contributed by atoms with Crippen LogP contribution in [0.5, 0.6) is 0 Å². The zero-order valence-electron chi connectivity index (χ0n) is 18.0. The Hall–Kier alpha value is -3.13. The van der Waals surface area contributed by atoms with E-state index in [0.29, 0.717) is 16.9 Å². The molecule has 4 rings (SSSR count). The number of nitrogens with zero attached hydrogens (tertiary/aromatic N) is 2. The number of amides is 4. The molecule has 2 atom stereocenters. The summed E-state index contributed by atoms with van der Waals surface area (Å²) in [6.45, 7) is 5.45. The number of rotatable bonds is 5. The Morgan fingerprint density at radius 2 is 1.94 bits per heavy atom. The van der Waals surface area contributed by atoms with Crippen LogP contribution in [-0.2, 0) is 9.59 Å². The molecule has 1 N–H and O–H groups in total. The highest BCUT2D eigenvalue weighted by Gasteiger charge is 2.48. The highest BCUT2D eigenvalue weighted by Crippen LogP contribution is 2.36. The van der Waals surface area contributed by atoms with Gasteiger partial charge in [-0.2, -0.15) is 0 Å². The first kappa shape index (κ1) is 22.1. The third-order valence-electron chi connectivity index (χ3n) is 5.64. The number of imide groups is 1. The quantitative estimate of drug-likeness (QED) is 0.715. The zero-order chi connectivity index (χ0) is 23.0. The van der Waals surface area contributed by atoms with E-state index in [0.717, 1.165) is 10.5 Å². The van der Waals surface area contributed by atoms with Gasteiger partial charge in [-0.1, -0.05) is 38.1 Å². The molecule has 2 aliphatic heterocycles. The maximum atomic E-state index is 13.8. The summed E-state index contributed by atoms with van der Waals surface area (Å²) in [6, 6.07) is 10.5. The van der Waals surface area contributed by atoms with E-state index in [4.69, 9.17) is 0 Å². The third-order valence-corrected chi connectivity index (χ3v) is 6.73. The van der Waals surface area contributed by atoms with Crippen LogP contribution in [0.15, 0.2) is 53.9 Å². The van der Waals surface area contributed by atoms with Gasteiger partial charge in [-0.05, 0) is 53.6 Å². The number of carbonyl (C=O) groups is 3. The molecular formula is C24H24FN3O3S. The number of anilines is 2. The number of thioether (sulfide) groups is 1. The molecule has 0 radical (unpaired) electrons. The van der Waals surface area contributed by atoms with E-state index < -0.39 is 23.1 Å². The standard InChI is InChI=1S/C24H24FN3O3S/c1-14(2)17-6-4-5-7-19(17)26-21(29)13-27-20-10-11-32-22(20)23(30)28(24(27)31)16-8-9-18(25)15(3)12-16/h4-12,14,20,22H,13H2,1-3H3,(H,26,29). The van der Waals surface area contributed by atoms with Crippen LogP contribution in [0.4, 0.5) is 20.6 Å². The van der Waals surface area contributed by atoms with Crippen molar-refractivity contribution in [2.24, 2.45) is 0 Å². The summed E-state index contributed by atoms with van der Waals surface area (Å²) >= 11 is 1.31. The molecular weight excluding hydrogens is 429 g/mol. The van der Waals surface area contributed by atoms with Crippen molar-refractivity contribution in [3.8, 4) is 0 Å². The molecule has 0 bridgehead atoms. The smallest absolute Gasteiger partial charge is 0.324 e. The number of benzene rings is 2. The molecule has 2 heterocycles. The Morgan fingerprint density at radius 3 is 2.66 bits per heavy atom. The van der Waals surface area contributed by atoms with E-state index in [1.165, 1.54) is 34.9 Å². The van der Waals surface area contributed by atoms with E-state index in [9.17, 15) is 18.8 Å². The van der Waals surface area contributed by atoms with E-state index in [2.05, 4.69) is 5.32 Å². The number of hydrogen-bond acceptors (Lipinski definition) is 4. The third kappa shape index (κ3) is 4.02. The van der Waals surface area contributed by atoms with Gasteiger partial charge in [-0.15, -0.1) is 11.8 Å². The summed E-state index contributed by atoms with van der Waals surface area (Å²) in [6.07, 6.45) is 1.77. The molecule has 0 aliphatic carbocycles. The van der Waals surface area contributed by atoms with Crippen LogP contribution in [0, 0.1) is 12.7 Å².